The molecule has 0 aliphatic carbocycles. The lowest BCUT2D eigenvalue weighted by Gasteiger charge is -2.19. The summed E-state index contributed by atoms with van der Waals surface area (Å²) in [6.45, 7) is 3.84. The number of aryl methyl sites for hydroxylation is 2. The molecule has 0 fully saturated rings. The van der Waals surface area contributed by atoms with E-state index in [-0.39, 0.29) is 6.04 Å². The number of likely N-dealkylation sites (N-methyl/N-ethyl adjacent to an activating group) is 1. The first-order chi connectivity index (χ1) is 9.93. The lowest BCUT2D eigenvalue weighted by Crippen LogP contribution is -2.25. The third kappa shape index (κ3) is 3.53. The van der Waals surface area contributed by atoms with E-state index in [1.54, 1.807) is 0 Å². The van der Waals surface area contributed by atoms with Crippen molar-refractivity contribution in [2.45, 2.75) is 19.5 Å². The van der Waals surface area contributed by atoms with Crippen molar-refractivity contribution in [2.75, 3.05) is 27.7 Å². The fraction of sp³-hybridized carbons (Fsp3) is 0.571. The predicted octanol–water partition coefficient (Wildman–Crippen LogP) is 1.56. The molecule has 7 heteroatoms. The number of aromatic nitrogens is 4. The SMILES string of the molecule is CNC(c1cn(C)nc1C)c1c(Br)cnn1CCN(C)C. The molecule has 2 heterocycles. The van der Waals surface area contributed by atoms with E-state index in [0.717, 1.165) is 29.0 Å². The van der Waals surface area contributed by atoms with E-state index in [9.17, 15) is 0 Å². The van der Waals surface area contributed by atoms with E-state index in [1.165, 1.54) is 5.56 Å². The van der Waals surface area contributed by atoms with Crippen molar-refractivity contribution in [3.63, 3.8) is 0 Å². The van der Waals surface area contributed by atoms with Crippen LogP contribution in [0.15, 0.2) is 16.9 Å². The van der Waals surface area contributed by atoms with Crippen molar-refractivity contribution in [3.05, 3.63) is 33.8 Å². The van der Waals surface area contributed by atoms with Gasteiger partial charge in [0, 0.05) is 25.4 Å². The van der Waals surface area contributed by atoms with Crippen LogP contribution in [0.1, 0.15) is 23.0 Å². The minimum absolute atomic E-state index is 0.0673. The molecule has 0 bridgehead atoms. The minimum atomic E-state index is 0.0673. The molecule has 1 unspecified atom stereocenters. The topological polar surface area (TPSA) is 50.9 Å². The number of rotatable bonds is 6. The van der Waals surface area contributed by atoms with Crippen molar-refractivity contribution in [1.29, 1.82) is 0 Å². The lowest BCUT2D eigenvalue weighted by molar-refractivity contribution is 0.366. The van der Waals surface area contributed by atoms with Crippen LogP contribution in [0.3, 0.4) is 0 Å². The van der Waals surface area contributed by atoms with E-state index in [1.807, 2.05) is 31.9 Å². The Kier molecular flexibility index (Phi) is 5.18. The van der Waals surface area contributed by atoms with Crippen LogP contribution in [0.5, 0.6) is 0 Å². The van der Waals surface area contributed by atoms with Gasteiger partial charge in [-0.1, -0.05) is 0 Å². The van der Waals surface area contributed by atoms with Crippen LogP contribution in [-0.4, -0.2) is 52.1 Å². The quantitative estimate of drug-likeness (QED) is 0.855. The van der Waals surface area contributed by atoms with Gasteiger partial charge in [0.15, 0.2) is 0 Å². The molecule has 0 radical (unpaired) electrons. The maximum absolute atomic E-state index is 4.49. The monoisotopic (exact) mass is 354 g/mol. The molecule has 0 spiro atoms. The summed E-state index contributed by atoms with van der Waals surface area (Å²) in [5.74, 6) is 0. The Bertz CT molecular complexity index is 601. The average molecular weight is 355 g/mol. The zero-order chi connectivity index (χ0) is 15.6. The molecule has 2 aromatic rings. The highest BCUT2D eigenvalue weighted by atomic mass is 79.9. The summed E-state index contributed by atoms with van der Waals surface area (Å²) < 4.78 is 4.92. The van der Waals surface area contributed by atoms with Gasteiger partial charge < -0.3 is 10.2 Å². The Morgan fingerprint density at radius 2 is 2.14 bits per heavy atom. The molecule has 6 nitrogen and oxygen atoms in total. The Morgan fingerprint density at radius 1 is 1.43 bits per heavy atom. The van der Waals surface area contributed by atoms with E-state index >= 15 is 0 Å². The summed E-state index contributed by atoms with van der Waals surface area (Å²) in [5, 5.41) is 12.3. The van der Waals surface area contributed by atoms with Crippen LogP contribution in [-0.2, 0) is 13.6 Å². The smallest absolute Gasteiger partial charge is 0.0790 e. The highest BCUT2D eigenvalue weighted by Crippen LogP contribution is 2.29. The summed E-state index contributed by atoms with van der Waals surface area (Å²) >= 11 is 3.63. The zero-order valence-electron chi connectivity index (χ0n) is 13.3. The van der Waals surface area contributed by atoms with E-state index in [0.29, 0.717) is 0 Å². The predicted molar refractivity (Wildman–Crippen MR) is 87.3 cm³/mol. The van der Waals surface area contributed by atoms with Crippen LogP contribution in [0, 0.1) is 6.92 Å². The van der Waals surface area contributed by atoms with Crippen molar-refractivity contribution >= 4 is 15.9 Å². The second-order valence-electron chi connectivity index (χ2n) is 5.47. The highest BCUT2D eigenvalue weighted by molar-refractivity contribution is 9.10. The third-order valence-corrected chi connectivity index (χ3v) is 4.13. The molecule has 1 N–H and O–H groups in total. The number of hydrogen-bond donors (Lipinski definition) is 1. The van der Waals surface area contributed by atoms with Crippen molar-refractivity contribution in [1.82, 2.24) is 29.8 Å². The van der Waals surface area contributed by atoms with Gasteiger partial charge in [-0.05, 0) is 44.0 Å². The summed E-state index contributed by atoms with van der Waals surface area (Å²) in [5.41, 5.74) is 3.34. The average Bonchev–Trinajstić information content (AvgIpc) is 2.93. The second kappa shape index (κ2) is 6.72. The second-order valence-corrected chi connectivity index (χ2v) is 6.32. The van der Waals surface area contributed by atoms with Crippen LogP contribution in [0.2, 0.25) is 0 Å². The molecular formula is C14H23BrN6. The molecule has 0 aromatic carbocycles. The lowest BCUT2D eigenvalue weighted by atomic mass is 10.1. The molecule has 21 heavy (non-hydrogen) atoms. The van der Waals surface area contributed by atoms with E-state index in [2.05, 4.69) is 61.3 Å². The van der Waals surface area contributed by atoms with Gasteiger partial charge >= 0.3 is 0 Å². The van der Waals surface area contributed by atoms with Crippen LogP contribution in [0.4, 0.5) is 0 Å². The molecule has 0 saturated heterocycles. The maximum atomic E-state index is 4.49. The van der Waals surface area contributed by atoms with Gasteiger partial charge in [0.25, 0.3) is 0 Å². The third-order valence-electron chi connectivity index (χ3n) is 3.52. The molecule has 116 valence electrons. The van der Waals surface area contributed by atoms with Gasteiger partial charge in [0.05, 0.1) is 34.6 Å². The number of halogens is 1. The molecular weight excluding hydrogens is 332 g/mol. The first kappa shape index (κ1) is 16.2. The fourth-order valence-corrected chi connectivity index (χ4v) is 3.00. The normalized spacial score (nSPS) is 13.1. The van der Waals surface area contributed by atoms with Crippen LogP contribution >= 0.6 is 15.9 Å². The standard InChI is InChI=1S/C14H23BrN6/c1-10-11(9-20(5)18-10)13(16-2)14-12(15)8-17-21(14)7-6-19(3)4/h8-9,13,16H,6-7H2,1-5H3. The molecule has 0 aliphatic rings. The summed E-state index contributed by atoms with van der Waals surface area (Å²) in [4.78, 5) is 2.16. The number of nitrogens with zero attached hydrogens (tertiary/aromatic N) is 5. The fourth-order valence-electron chi connectivity index (χ4n) is 2.47. The molecule has 2 rings (SSSR count). The zero-order valence-corrected chi connectivity index (χ0v) is 14.8. The summed E-state index contributed by atoms with van der Waals surface area (Å²) in [6.07, 6.45) is 3.92. The van der Waals surface area contributed by atoms with Gasteiger partial charge in [-0.3, -0.25) is 9.36 Å². The van der Waals surface area contributed by atoms with Gasteiger partial charge in [-0.25, -0.2) is 0 Å². The van der Waals surface area contributed by atoms with Gasteiger partial charge in [0.2, 0.25) is 0 Å². The number of nitrogens with one attached hydrogen (secondary N) is 1. The Balaban J connectivity index is 2.38. The Labute approximate surface area is 134 Å². The molecule has 0 saturated carbocycles. The van der Waals surface area contributed by atoms with Crippen LogP contribution < -0.4 is 5.32 Å². The Hall–Kier alpha value is -1.18. The van der Waals surface area contributed by atoms with Crippen molar-refractivity contribution in [3.8, 4) is 0 Å². The summed E-state index contributed by atoms with van der Waals surface area (Å²) in [6, 6.07) is 0.0673. The Morgan fingerprint density at radius 3 is 2.67 bits per heavy atom. The largest absolute Gasteiger partial charge is 0.308 e. The molecule has 0 aliphatic heterocycles. The molecule has 1 atom stereocenters. The van der Waals surface area contributed by atoms with Crippen molar-refractivity contribution < 1.29 is 0 Å². The highest BCUT2D eigenvalue weighted by Gasteiger charge is 2.23. The van der Waals surface area contributed by atoms with Gasteiger partial charge in [-0.15, -0.1) is 0 Å². The van der Waals surface area contributed by atoms with Gasteiger partial charge in [0.1, 0.15) is 0 Å². The first-order valence-electron chi connectivity index (χ1n) is 6.97. The van der Waals surface area contributed by atoms with Crippen molar-refractivity contribution in [2.24, 2.45) is 7.05 Å². The first-order valence-corrected chi connectivity index (χ1v) is 7.76. The minimum Gasteiger partial charge on any atom is -0.308 e. The number of hydrogen-bond acceptors (Lipinski definition) is 4. The summed E-state index contributed by atoms with van der Waals surface area (Å²) in [7, 11) is 8.05. The van der Waals surface area contributed by atoms with E-state index in [4.69, 9.17) is 0 Å². The van der Waals surface area contributed by atoms with Crippen LogP contribution in [0.25, 0.3) is 0 Å². The maximum Gasteiger partial charge on any atom is 0.0790 e. The van der Waals surface area contributed by atoms with E-state index < -0.39 is 0 Å². The molecule has 0 amide bonds. The molecule has 2 aromatic heterocycles. The van der Waals surface area contributed by atoms with Gasteiger partial charge in [-0.2, -0.15) is 10.2 Å².